The summed E-state index contributed by atoms with van der Waals surface area (Å²) in [6, 6.07) is 0. The van der Waals surface area contributed by atoms with Crippen molar-refractivity contribution >= 4 is 0 Å². The van der Waals surface area contributed by atoms with Crippen LogP contribution < -0.4 is 0 Å². The maximum Gasteiger partial charge on any atom is 0.0431 e. The molecule has 0 rings (SSSR count). The predicted octanol–water partition coefficient (Wildman–Crippen LogP) is 21.8. The predicted molar refractivity (Wildman–Crippen MR) is 297 cm³/mol. The normalized spacial score (nSPS) is 11.2. The van der Waals surface area contributed by atoms with E-state index in [-0.39, 0.29) is 0 Å². The van der Waals surface area contributed by atoms with Crippen LogP contribution in [-0.4, -0.2) is 35.1 Å². The van der Waals surface area contributed by atoms with Crippen LogP contribution >= 0.6 is 0 Å². The SMILES string of the molecule is CCCCCCCCCCCCCCCCCCCCCCCO.CCCCCCCCCCCCCCCCCCCCCCCO.CCCCCCCCCCCCCCCCO. The monoisotopic (exact) mass is 923 g/mol. The van der Waals surface area contributed by atoms with Gasteiger partial charge in [-0.25, -0.2) is 0 Å². The summed E-state index contributed by atoms with van der Waals surface area (Å²) in [6.07, 6.45) is 78.4. The summed E-state index contributed by atoms with van der Waals surface area (Å²) in [5.74, 6) is 0. The number of hydrogen-bond donors (Lipinski definition) is 3. The Morgan fingerprint density at radius 1 is 0.123 bits per heavy atom. The third-order valence-corrected chi connectivity index (χ3v) is 14.0. The lowest BCUT2D eigenvalue weighted by molar-refractivity contribution is 0.282. The molecule has 0 saturated heterocycles. The summed E-state index contributed by atoms with van der Waals surface area (Å²) in [7, 11) is 0. The molecular formula is C62H130O3. The van der Waals surface area contributed by atoms with Crippen LogP contribution in [0.5, 0.6) is 0 Å². The first-order valence-corrected chi connectivity index (χ1v) is 31.1. The average Bonchev–Trinajstić information content (AvgIpc) is 3.32. The molecule has 0 unspecified atom stereocenters. The molecule has 3 heteroatoms. The third kappa shape index (κ3) is 78.3. The first-order chi connectivity index (χ1) is 32.2. The minimum atomic E-state index is 0.373. The molecule has 396 valence electrons. The second-order valence-electron chi connectivity index (χ2n) is 20.9. The summed E-state index contributed by atoms with van der Waals surface area (Å²) in [4.78, 5) is 0. The van der Waals surface area contributed by atoms with Crippen LogP contribution in [0.4, 0.5) is 0 Å². The van der Waals surface area contributed by atoms with Gasteiger partial charge in [-0.15, -0.1) is 0 Å². The van der Waals surface area contributed by atoms with Gasteiger partial charge in [-0.2, -0.15) is 0 Å². The Morgan fingerprint density at radius 3 is 0.277 bits per heavy atom. The van der Waals surface area contributed by atoms with Crippen molar-refractivity contribution in [3.8, 4) is 0 Å². The maximum atomic E-state index is 8.72. The fourth-order valence-electron chi connectivity index (χ4n) is 9.39. The lowest BCUT2D eigenvalue weighted by atomic mass is 10.0. The van der Waals surface area contributed by atoms with E-state index in [9.17, 15) is 0 Å². The smallest absolute Gasteiger partial charge is 0.0431 e. The summed E-state index contributed by atoms with van der Waals surface area (Å²) in [5.41, 5.74) is 0. The highest BCUT2D eigenvalue weighted by molar-refractivity contribution is 4.54. The van der Waals surface area contributed by atoms with E-state index in [0.717, 1.165) is 19.3 Å². The molecule has 0 bridgehead atoms. The molecule has 0 saturated carbocycles. The largest absolute Gasteiger partial charge is 0.396 e. The fourth-order valence-corrected chi connectivity index (χ4v) is 9.39. The lowest BCUT2D eigenvalue weighted by Gasteiger charge is -2.04. The van der Waals surface area contributed by atoms with Crippen molar-refractivity contribution in [3.05, 3.63) is 0 Å². The minimum absolute atomic E-state index is 0.373. The summed E-state index contributed by atoms with van der Waals surface area (Å²) >= 11 is 0. The van der Waals surface area contributed by atoms with Gasteiger partial charge in [0.25, 0.3) is 0 Å². The molecule has 0 heterocycles. The molecule has 0 aliphatic heterocycles. The topological polar surface area (TPSA) is 60.7 Å². The molecule has 0 amide bonds. The van der Waals surface area contributed by atoms with Gasteiger partial charge in [-0.05, 0) is 19.3 Å². The number of aliphatic hydroxyl groups is 3. The highest BCUT2D eigenvalue weighted by Gasteiger charge is 1.98. The Morgan fingerprint density at radius 2 is 0.200 bits per heavy atom. The van der Waals surface area contributed by atoms with Gasteiger partial charge in [0.2, 0.25) is 0 Å². The van der Waals surface area contributed by atoms with E-state index < -0.39 is 0 Å². The van der Waals surface area contributed by atoms with Gasteiger partial charge in [-0.1, -0.05) is 361 Å². The second-order valence-corrected chi connectivity index (χ2v) is 20.9. The zero-order valence-electron chi connectivity index (χ0n) is 46.1. The molecule has 3 nitrogen and oxygen atoms in total. The first kappa shape index (κ1) is 69.1. The summed E-state index contributed by atoms with van der Waals surface area (Å²) < 4.78 is 0. The Kier molecular flexibility index (Phi) is 77.5. The molecule has 0 fully saturated rings. The van der Waals surface area contributed by atoms with E-state index in [4.69, 9.17) is 15.3 Å². The Labute approximate surface area is 413 Å². The maximum absolute atomic E-state index is 8.72. The van der Waals surface area contributed by atoms with E-state index in [2.05, 4.69) is 20.8 Å². The van der Waals surface area contributed by atoms with Crippen LogP contribution in [0.2, 0.25) is 0 Å². The molecule has 0 aromatic heterocycles. The van der Waals surface area contributed by atoms with Gasteiger partial charge < -0.3 is 15.3 Å². The molecule has 0 atom stereocenters. The van der Waals surface area contributed by atoms with E-state index >= 15 is 0 Å². The molecule has 0 radical (unpaired) electrons. The van der Waals surface area contributed by atoms with E-state index in [1.165, 1.54) is 340 Å². The Hall–Kier alpha value is -0.120. The molecule has 0 aliphatic carbocycles. The Balaban J connectivity index is -0.000000902. The zero-order chi connectivity index (χ0) is 47.7. The first-order valence-electron chi connectivity index (χ1n) is 31.1. The van der Waals surface area contributed by atoms with Crippen molar-refractivity contribution in [1.82, 2.24) is 0 Å². The molecule has 0 aromatic carbocycles. The molecule has 3 N–H and O–H groups in total. The van der Waals surface area contributed by atoms with Gasteiger partial charge in [0.05, 0.1) is 0 Å². The van der Waals surface area contributed by atoms with Crippen LogP contribution in [0.3, 0.4) is 0 Å². The average molecular weight is 924 g/mol. The van der Waals surface area contributed by atoms with Gasteiger partial charge in [0.15, 0.2) is 0 Å². The molecule has 65 heavy (non-hydrogen) atoms. The van der Waals surface area contributed by atoms with Crippen molar-refractivity contribution in [3.63, 3.8) is 0 Å². The number of rotatable bonds is 56. The molecular weight excluding hydrogens is 793 g/mol. The van der Waals surface area contributed by atoms with Crippen molar-refractivity contribution in [2.45, 2.75) is 380 Å². The number of unbranched alkanes of at least 4 members (excludes halogenated alkanes) is 53. The third-order valence-electron chi connectivity index (χ3n) is 14.0. The van der Waals surface area contributed by atoms with Crippen LogP contribution in [0, 0.1) is 0 Å². The fraction of sp³-hybridized carbons (Fsp3) is 1.00. The summed E-state index contributed by atoms with van der Waals surface area (Å²) in [5, 5.41) is 26.1. The second kappa shape index (κ2) is 72.9. The highest BCUT2D eigenvalue weighted by Crippen LogP contribution is 2.18. The van der Waals surface area contributed by atoms with Crippen molar-refractivity contribution < 1.29 is 15.3 Å². The van der Waals surface area contributed by atoms with Gasteiger partial charge in [0, 0.05) is 19.8 Å². The van der Waals surface area contributed by atoms with Crippen LogP contribution in [-0.2, 0) is 0 Å². The van der Waals surface area contributed by atoms with Gasteiger partial charge in [-0.3, -0.25) is 0 Å². The zero-order valence-corrected chi connectivity index (χ0v) is 46.1. The van der Waals surface area contributed by atoms with Crippen LogP contribution in [0.1, 0.15) is 380 Å². The Bertz CT molecular complexity index is 610. The molecule has 0 spiro atoms. The van der Waals surface area contributed by atoms with Crippen molar-refractivity contribution in [2.24, 2.45) is 0 Å². The standard InChI is InChI=1S/2C23H48O.C16H34O/c2*1-2-3-4-5-6-7-8-9-10-11-12-13-14-15-16-17-18-19-20-21-22-23-24;1-2-3-4-5-6-7-8-9-10-11-12-13-14-15-16-17/h2*24H,2-23H2,1H3;17H,2-16H2,1H3. The van der Waals surface area contributed by atoms with Crippen molar-refractivity contribution in [2.75, 3.05) is 19.8 Å². The highest BCUT2D eigenvalue weighted by atomic mass is 16.3. The van der Waals surface area contributed by atoms with Gasteiger partial charge >= 0.3 is 0 Å². The number of aliphatic hydroxyl groups excluding tert-OH is 3. The van der Waals surface area contributed by atoms with Crippen LogP contribution in [0.15, 0.2) is 0 Å². The quantitative estimate of drug-likeness (QED) is 0.0533. The van der Waals surface area contributed by atoms with E-state index in [1.807, 2.05) is 0 Å². The lowest BCUT2D eigenvalue weighted by Crippen LogP contribution is -1.85. The van der Waals surface area contributed by atoms with E-state index in [1.54, 1.807) is 0 Å². The van der Waals surface area contributed by atoms with E-state index in [0.29, 0.717) is 19.8 Å². The summed E-state index contributed by atoms with van der Waals surface area (Å²) in [6.45, 7) is 7.99. The molecule has 0 aromatic rings. The van der Waals surface area contributed by atoms with Gasteiger partial charge in [0.1, 0.15) is 0 Å². The van der Waals surface area contributed by atoms with Crippen LogP contribution in [0.25, 0.3) is 0 Å². The number of hydrogen-bond acceptors (Lipinski definition) is 3. The minimum Gasteiger partial charge on any atom is -0.396 e. The molecule has 0 aliphatic rings. The van der Waals surface area contributed by atoms with Crippen molar-refractivity contribution in [1.29, 1.82) is 0 Å².